The highest BCUT2D eigenvalue weighted by Gasteiger charge is 2.38. The van der Waals surface area contributed by atoms with Crippen LogP contribution in [0.1, 0.15) is 36.0 Å². The van der Waals surface area contributed by atoms with Crippen LogP contribution >= 0.6 is 0 Å². The lowest BCUT2D eigenvalue weighted by molar-refractivity contribution is 0.0598. The Morgan fingerprint density at radius 2 is 1.79 bits per heavy atom. The minimum Gasteiger partial charge on any atom is -0.507 e. The molecule has 3 heteroatoms. The molecule has 1 saturated carbocycles. The summed E-state index contributed by atoms with van der Waals surface area (Å²) in [6, 6.07) is 4.14. The maximum Gasteiger partial charge on any atom is 0.121 e. The molecule has 0 atom stereocenters. The maximum absolute atomic E-state index is 9.78. The molecule has 0 amide bonds. The van der Waals surface area contributed by atoms with Gasteiger partial charge in [0.05, 0.1) is 0 Å². The van der Waals surface area contributed by atoms with E-state index in [1.54, 1.807) is 0 Å². The molecule has 0 bridgehead atoms. The fourth-order valence-electron chi connectivity index (χ4n) is 2.95. The zero-order valence-electron chi connectivity index (χ0n) is 12.6. The minimum absolute atomic E-state index is 0.362. The van der Waals surface area contributed by atoms with Gasteiger partial charge in [0.2, 0.25) is 0 Å². The van der Waals surface area contributed by atoms with E-state index < -0.39 is 0 Å². The van der Waals surface area contributed by atoms with Gasteiger partial charge in [0.1, 0.15) is 5.75 Å². The Bertz CT molecular complexity index is 427. The normalized spacial score (nSPS) is 17.5. The van der Waals surface area contributed by atoms with E-state index >= 15 is 0 Å². The fraction of sp³-hybridized carbons (Fsp3) is 0.625. The molecular weight excluding hydrogens is 236 g/mol. The molecule has 0 radical (unpaired) electrons. The van der Waals surface area contributed by atoms with Crippen LogP contribution in [0.15, 0.2) is 12.1 Å². The van der Waals surface area contributed by atoms with Crippen LogP contribution in [0.5, 0.6) is 5.75 Å². The van der Waals surface area contributed by atoms with E-state index in [4.69, 9.17) is 0 Å². The SMILES string of the molecule is Cc1cc(CNCC2(N(C)C)CCC2)cc(C)c1O. The summed E-state index contributed by atoms with van der Waals surface area (Å²) in [7, 11) is 4.35. The predicted molar refractivity (Wildman–Crippen MR) is 79.6 cm³/mol. The van der Waals surface area contributed by atoms with Gasteiger partial charge in [0, 0.05) is 18.6 Å². The summed E-state index contributed by atoms with van der Waals surface area (Å²) in [6.45, 7) is 5.83. The molecule has 2 rings (SSSR count). The van der Waals surface area contributed by atoms with Crippen molar-refractivity contribution in [1.29, 1.82) is 0 Å². The molecule has 1 aliphatic rings. The van der Waals surface area contributed by atoms with Gasteiger partial charge in [-0.1, -0.05) is 12.1 Å². The number of rotatable bonds is 5. The molecule has 0 aromatic heterocycles. The Balaban J connectivity index is 1.93. The molecule has 1 fully saturated rings. The third kappa shape index (κ3) is 2.93. The first-order valence-electron chi connectivity index (χ1n) is 7.12. The highest BCUT2D eigenvalue weighted by atomic mass is 16.3. The molecule has 19 heavy (non-hydrogen) atoms. The Labute approximate surface area is 116 Å². The third-order valence-electron chi connectivity index (χ3n) is 4.57. The lowest BCUT2D eigenvalue weighted by atomic mass is 9.75. The average Bonchev–Trinajstić information content (AvgIpc) is 2.28. The van der Waals surface area contributed by atoms with E-state index in [1.807, 2.05) is 13.8 Å². The van der Waals surface area contributed by atoms with Gasteiger partial charge >= 0.3 is 0 Å². The van der Waals surface area contributed by atoms with E-state index in [0.29, 0.717) is 11.3 Å². The first-order valence-corrected chi connectivity index (χ1v) is 7.12. The number of phenols is 1. The van der Waals surface area contributed by atoms with Crippen LogP contribution < -0.4 is 5.32 Å². The second-order valence-corrected chi connectivity index (χ2v) is 6.15. The van der Waals surface area contributed by atoms with E-state index in [1.165, 1.54) is 24.8 Å². The number of hydrogen-bond acceptors (Lipinski definition) is 3. The average molecular weight is 262 g/mol. The summed E-state index contributed by atoms with van der Waals surface area (Å²) in [5, 5.41) is 13.4. The quantitative estimate of drug-likeness (QED) is 0.856. The number of benzene rings is 1. The second kappa shape index (κ2) is 5.51. The Morgan fingerprint density at radius 1 is 1.21 bits per heavy atom. The molecule has 106 valence electrons. The van der Waals surface area contributed by atoms with Crippen LogP contribution in [0.2, 0.25) is 0 Å². The summed E-state index contributed by atoms with van der Waals surface area (Å²) in [5.41, 5.74) is 3.53. The lowest BCUT2D eigenvalue weighted by Crippen LogP contribution is -2.56. The van der Waals surface area contributed by atoms with E-state index in [-0.39, 0.29) is 0 Å². The number of likely N-dealkylation sites (N-methyl/N-ethyl adjacent to an activating group) is 1. The molecule has 1 aliphatic carbocycles. The van der Waals surface area contributed by atoms with E-state index in [2.05, 4.69) is 36.4 Å². The van der Waals surface area contributed by atoms with Crippen molar-refractivity contribution in [3.8, 4) is 5.75 Å². The third-order valence-corrected chi connectivity index (χ3v) is 4.57. The number of phenolic OH excluding ortho intramolecular Hbond substituents is 1. The van der Waals surface area contributed by atoms with Crippen molar-refractivity contribution in [3.05, 3.63) is 28.8 Å². The van der Waals surface area contributed by atoms with Crippen LogP contribution in [0.25, 0.3) is 0 Å². The number of aryl methyl sites for hydroxylation is 2. The van der Waals surface area contributed by atoms with Gasteiger partial charge in [-0.25, -0.2) is 0 Å². The standard InChI is InChI=1S/C16H26N2O/c1-12-8-14(9-13(2)15(12)19)10-17-11-16(18(3)4)6-5-7-16/h8-9,17,19H,5-7,10-11H2,1-4H3. The molecule has 1 aromatic rings. The molecule has 0 saturated heterocycles. The van der Waals surface area contributed by atoms with Crippen molar-refractivity contribution in [2.45, 2.75) is 45.2 Å². The van der Waals surface area contributed by atoms with Crippen molar-refractivity contribution >= 4 is 0 Å². The summed E-state index contributed by atoms with van der Waals surface area (Å²) in [5.74, 6) is 0.424. The van der Waals surface area contributed by atoms with Crippen molar-refractivity contribution < 1.29 is 5.11 Å². The van der Waals surface area contributed by atoms with Gasteiger partial charge < -0.3 is 15.3 Å². The lowest BCUT2D eigenvalue weighted by Gasteiger charge is -2.47. The van der Waals surface area contributed by atoms with Crippen molar-refractivity contribution in [2.75, 3.05) is 20.6 Å². The topological polar surface area (TPSA) is 35.5 Å². The maximum atomic E-state index is 9.78. The molecule has 0 aliphatic heterocycles. The molecule has 1 aromatic carbocycles. The van der Waals surface area contributed by atoms with Gasteiger partial charge in [-0.05, 0) is 63.9 Å². The number of hydrogen-bond donors (Lipinski definition) is 2. The monoisotopic (exact) mass is 262 g/mol. The molecule has 0 unspecified atom stereocenters. The van der Waals surface area contributed by atoms with Crippen molar-refractivity contribution in [2.24, 2.45) is 0 Å². The van der Waals surface area contributed by atoms with Crippen LogP contribution in [0.3, 0.4) is 0 Å². The minimum atomic E-state index is 0.362. The first kappa shape index (κ1) is 14.4. The summed E-state index contributed by atoms with van der Waals surface area (Å²) in [4.78, 5) is 2.36. The second-order valence-electron chi connectivity index (χ2n) is 6.15. The summed E-state index contributed by atoms with van der Waals surface area (Å²) < 4.78 is 0. The smallest absolute Gasteiger partial charge is 0.121 e. The van der Waals surface area contributed by atoms with Crippen LogP contribution in [-0.2, 0) is 6.54 Å². The number of nitrogens with zero attached hydrogens (tertiary/aromatic N) is 1. The van der Waals surface area contributed by atoms with E-state index in [9.17, 15) is 5.11 Å². The highest BCUT2D eigenvalue weighted by Crippen LogP contribution is 2.35. The van der Waals surface area contributed by atoms with Gasteiger partial charge in [-0.2, -0.15) is 0 Å². The molecule has 3 nitrogen and oxygen atoms in total. The summed E-state index contributed by atoms with van der Waals surface area (Å²) >= 11 is 0. The Kier molecular flexibility index (Phi) is 4.16. The molecule has 0 spiro atoms. The van der Waals surface area contributed by atoms with Gasteiger partial charge in [-0.15, -0.1) is 0 Å². The van der Waals surface area contributed by atoms with E-state index in [0.717, 1.165) is 24.2 Å². The largest absolute Gasteiger partial charge is 0.507 e. The number of nitrogens with one attached hydrogen (secondary N) is 1. The Hall–Kier alpha value is -1.06. The first-order chi connectivity index (χ1) is 8.94. The van der Waals surface area contributed by atoms with Crippen molar-refractivity contribution in [1.82, 2.24) is 10.2 Å². The van der Waals surface area contributed by atoms with Gasteiger partial charge in [0.15, 0.2) is 0 Å². The van der Waals surface area contributed by atoms with Gasteiger partial charge in [-0.3, -0.25) is 0 Å². The molecule has 0 heterocycles. The molecule has 2 N–H and O–H groups in total. The zero-order chi connectivity index (χ0) is 14.0. The number of aromatic hydroxyl groups is 1. The predicted octanol–water partition coefficient (Wildman–Crippen LogP) is 2.58. The van der Waals surface area contributed by atoms with Crippen LogP contribution in [0.4, 0.5) is 0 Å². The highest BCUT2D eigenvalue weighted by molar-refractivity contribution is 5.42. The summed E-state index contributed by atoms with van der Waals surface area (Å²) in [6.07, 6.45) is 3.93. The van der Waals surface area contributed by atoms with Crippen LogP contribution in [0, 0.1) is 13.8 Å². The van der Waals surface area contributed by atoms with Crippen molar-refractivity contribution in [3.63, 3.8) is 0 Å². The zero-order valence-corrected chi connectivity index (χ0v) is 12.6. The molecular formula is C16H26N2O. The Morgan fingerprint density at radius 3 is 2.21 bits per heavy atom. The van der Waals surface area contributed by atoms with Gasteiger partial charge in [0.25, 0.3) is 0 Å². The fourth-order valence-corrected chi connectivity index (χ4v) is 2.95. The van der Waals surface area contributed by atoms with Crippen LogP contribution in [-0.4, -0.2) is 36.2 Å².